The van der Waals surface area contributed by atoms with Crippen molar-refractivity contribution in [1.29, 1.82) is 0 Å². The number of nitrogens with one attached hydrogen (secondary N) is 2. The number of ether oxygens (including phenoxy) is 2. The van der Waals surface area contributed by atoms with Crippen LogP contribution >= 0.6 is 11.6 Å². The van der Waals surface area contributed by atoms with E-state index < -0.39 is 0 Å². The van der Waals surface area contributed by atoms with Crippen LogP contribution < -0.4 is 20.1 Å². The molecule has 0 saturated heterocycles. The number of rotatable bonds is 6. The number of amides is 1. The lowest BCUT2D eigenvalue weighted by atomic mass is 10.2. The highest BCUT2D eigenvalue weighted by atomic mass is 35.5. The van der Waals surface area contributed by atoms with E-state index in [1.165, 1.54) is 19.5 Å². The first-order valence-electron chi connectivity index (χ1n) is 7.97. The fourth-order valence-corrected chi connectivity index (χ4v) is 2.43. The topological polar surface area (TPSA) is 85.4 Å². The van der Waals surface area contributed by atoms with Crippen LogP contribution in [0.3, 0.4) is 0 Å². The first-order chi connectivity index (χ1) is 13.1. The molecule has 3 aromatic rings. The number of hydrogen-bond donors (Lipinski definition) is 2. The number of halogens is 1. The molecule has 7 nitrogen and oxygen atoms in total. The van der Waals surface area contributed by atoms with Crippen LogP contribution in [-0.2, 0) is 0 Å². The second-order valence-electron chi connectivity index (χ2n) is 5.44. The molecule has 3 rings (SSSR count). The Morgan fingerprint density at radius 2 is 1.63 bits per heavy atom. The molecule has 27 heavy (non-hydrogen) atoms. The summed E-state index contributed by atoms with van der Waals surface area (Å²) >= 11 is 5.86. The normalized spacial score (nSPS) is 10.2. The minimum Gasteiger partial charge on any atom is -0.493 e. The zero-order valence-corrected chi connectivity index (χ0v) is 15.4. The van der Waals surface area contributed by atoms with Crippen LogP contribution in [0, 0.1) is 0 Å². The lowest BCUT2D eigenvalue weighted by Crippen LogP contribution is -2.14. The molecule has 0 fully saturated rings. The molecule has 0 aliphatic carbocycles. The van der Waals surface area contributed by atoms with Gasteiger partial charge in [-0.2, -0.15) is 0 Å². The SMILES string of the molecule is COc1ccc(NC(=O)c2cnc(Nc3ccc(Cl)cc3)cn2)cc1OC. The highest BCUT2D eigenvalue weighted by molar-refractivity contribution is 6.30. The van der Waals surface area contributed by atoms with Gasteiger partial charge in [0, 0.05) is 22.5 Å². The van der Waals surface area contributed by atoms with Crippen LogP contribution in [0.1, 0.15) is 10.5 Å². The van der Waals surface area contributed by atoms with E-state index in [1.54, 1.807) is 37.4 Å². The van der Waals surface area contributed by atoms with Crippen molar-refractivity contribution in [3.63, 3.8) is 0 Å². The van der Waals surface area contributed by atoms with Crippen LogP contribution in [-0.4, -0.2) is 30.1 Å². The van der Waals surface area contributed by atoms with Gasteiger partial charge in [0.05, 0.1) is 26.6 Å². The number of anilines is 3. The average Bonchev–Trinajstić information content (AvgIpc) is 2.70. The zero-order valence-electron chi connectivity index (χ0n) is 14.7. The van der Waals surface area contributed by atoms with Crippen LogP contribution in [0.4, 0.5) is 17.2 Å². The molecule has 1 amide bonds. The number of aromatic nitrogens is 2. The van der Waals surface area contributed by atoms with Crippen molar-refractivity contribution in [2.24, 2.45) is 0 Å². The van der Waals surface area contributed by atoms with Gasteiger partial charge in [0.2, 0.25) is 0 Å². The van der Waals surface area contributed by atoms with Crippen LogP contribution in [0.2, 0.25) is 5.02 Å². The highest BCUT2D eigenvalue weighted by Crippen LogP contribution is 2.29. The van der Waals surface area contributed by atoms with Crippen molar-refractivity contribution >= 4 is 34.7 Å². The molecule has 0 unspecified atom stereocenters. The molecule has 8 heteroatoms. The fourth-order valence-electron chi connectivity index (χ4n) is 2.30. The van der Waals surface area contributed by atoms with E-state index in [9.17, 15) is 4.79 Å². The Morgan fingerprint density at radius 3 is 2.26 bits per heavy atom. The van der Waals surface area contributed by atoms with Gasteiger partial charge in [-0.3, -0.25) is 4.79 Å². The van der Waals surface area contributed by atoms with Gasteiger partial charge in [-0.25, -0.2) is 9.97 Å². The molecule has 0 aliphatic heterocycles. The monoisotopic (exact) mass is 384 g/mol. The maximum absolute atomic E-state index is 12.4. The quantitative estimate of drug-likeness (QED) is 0.664. The van der Waals surface area contributed by atoms with Gasteiger partial charge in [-0.15, -0.1) is 0 Å². The second kappa shape index (κ2) is 8.37. The zero-order chi connectivity index (χ0) is 19.2. The molecule has 1 aromatic heterocycles. The third-order valence-electron chi connectivity index (χ3n) is 3.64. The molecular formula is C19H17ClN4O3. The van der Waals surface area contributed by atoms with Crippen molar-refractivity contribution in [2.75, 3.05) is 24.9 Å². The molecule has 0 spiro atoms. The Morgan fingerprint density at radius 1 is 0.926 bits per heavy atom. The number of carbonyl (C=O) groups excluding carboxylic acids is 1. The van der Waals surface area contributed by atoms with E-state index >= 15 is 0 Å². The lowest BCUT2D eigenvalue weighted by Gasteiger charge is -2.10. The van der Waals surface area contributed by atoms with Gasteiger partial charge in [0.1, 0.15) is 11.5 Å². The molecule has 138 valence electrons. The van der Waals surface area contributed by atoms with E-state index in [4.69, 9.17) is 21.1 Å². The Labute approximate surface area is 161 Å². The Bertz CT molecular complexity index is 931. The van der Waals surface area contributed by atoms with E-state index in [0.29, 0.717) is 28.0 Å². The maximum atomic E-state index is 12.4. The average molecular weight is 385 g/mol. The van der Waals surface area contributed by atoms with E-state index in [1.807, 2.05) is 12.1 Å². The predicted molar refractivity (Wildman–Crippen MR) is 104 cm³/mol. The van der Waals surface area contributed by atoms with E-state index in [0.717, 1.165) is 5.69 Å². The van der Waals surface area contributed by atoms with Gasteiger partial charge in [0.25, 0.3) is 5.91 Å². The van der Waals surface area contributed by atoms with E-state index in [-0.39, 0.29) is 11.6 Å². The number of nitrogens with zero attached hydrogens (tertiary/aromatic N) is 2. The lowest BCUT2D eigenvalue weighted by molar-refractivity contribution is 0.102. The molecule has 2 N–H and O–H groups in total. The summed E-state index contributed by atoms with van der Waals surface area (Å²) in [5.41, 5.74) is 1.56. The van der Waals surface area contributed by atoms with Crippen molar-refractivity contribution in [1.82, 2.24) is 9.97 Å². The predicted octanol–water partition coefficient (Wildman–Crippen LogP) is 4.14. The van der Waals surface area contributed by atoms with Crippen molar-refractivity contribution in [3.05, 3.63) is 65.6 Å². The van der Waals surface area contributed by atoms with Gasteiger partial charge >= 0.3 is 0 Å². The van der Waals surface area contributed by atoms with Crippen LogP contribution in [0.5, 0.6) is 11.5 Å². The smallest absolute Gasteiger partial charge is 0.275 e. The molecule has 0 atom stereocenters. The number of benzene rings is 2. The number of hydrogen-bond acceptors (Lipinski definition) is 6. The highest BCUT2D eigenvalue weighted by Gasteiger charge is 2.11. The molecule has 0 aliphatic rings. The number of methoxy groups -OCH3 is 2. The van der Waals surface area contributed by atoms with Gasteiger partial charge in [-0.1, -0.05) is 11.6 Å². The molecule has 0 saturated carbocycles. The largest absolute Gasteiger partial charge is 0.493 e. The Balaban J connectivity index is 1.67. The minimum atomic E-state index is -0.382. The summed E-state index contributed by atoms with van der Waals surface area (Å²) in [5, 5.41) is 6.47. The molecular weight excluding hydrogens is 368 g/mol. The number of carbonyl (C=O) groups is 1. The summed E-state index contributed by atoms with van der Waals surface area (Å²) in [7, 11) is 3.08. The third kappa shape index (κ3) is 4.65. The molecule has 0 bridgehead atoms. The van der Waals surface area contributed by atoms with Crippen molar-refractivity contribution < 1.29 is 14.3 Å². The Hall–Kier alpha value is -3.32. The van der Waals surface area contributed by atoms with Gasteiger partial charge in [0.15, 0.2) is 11.5 Å². The van der Waals surface area contributed by atoms with E-state index in [2.05, 4.69) is 20.6 Å². The van der Waals surface area contributed by atoms with Crippen LogP contribution in [0.15, 0.2) is 54.9 Å². The third-order valence-corrected chi connectivity index (χ3v) is 3.89. The maximum Gasteiger partial charge on any atom is 0.275 e. The first kappa shape index (κ1) is 18.5. The standard InChI is InChI=1S/C19H17ClN4O3/c1-26-16-8-7-14(9-17(16)27-2)24-19(25)15-10-22-18(11-21-15)23-13-5-3-12(20)4-6-13/h3-11H,1-2H3,(H,22,23)(H,24,25). The summed E-state index contributed by atoms with van der Waals surface area (Å²) < 4.78 is 10.4. The summed E-state index contributed by atoms with van der Waals surface area (Å²) in [6.07, 6.45) is 2.88. The molecule has 1 heterocycles. The van der Waals surface area contributed by atoms with Crippen molar-refractivity contribution in [2.45, 2.75) is 0 Å². The fraction of sp³-hybridized carbons (Fsp3) is 0.105. The summed E-state index contributed by atoms with van der Waals surface area (Å²) in [5.74, 6) is 1.23. The Kier molecular flexibility index (Phi) is 5.73. The van der Waals surface area contributed by atoms with Gasteiger partial charge in [-0.05, 0) is 36.4 Å². The summed E-state index contributed by atoms with van der Waals surface area (Å²) in [6.45, 7) is 0. The van der Waals surface area contributed by atoms with Crippen LogP contribution in [0.25, 0.3) is 0 Å². The minimum absolute atomic E-state index is 0.187. The second-order valence-corrected chi connectivity index (χ2v) is 5.88. The summed E-state index contributed by atoms with van der Waals surface area (Å²) in [4.78, 5) is 20.7. The first-order valence-corrected chi connectivity index (χ1v) is 8.35. The molecule has 2 aromatic carbocycles. The molecule has 0 radical (unpaired) electrons. The summed E-state index contributed by atoms with van der Waals surface area (Å²) in [6, 6.07) is 12.3. The van der Waals surface area contributed by atoms with Crippen molar-refractivity contribution in [3.8, 4) is 11.5 Å². The van der Waals surface area contributed by atoms with Gasteiger partial charge < -0.3 is 20.1 Å².